The molecule has 1 fully saturated rings. The van der Waals surface area contributed by atoms with Gasteiger partial charge in [0.05, 0.1) is 18.8 Å². The second-order valence-electron chi connectivity index (χ2n) is 4.73. The summed E-state index contributed by atoms with van der Waals surface area (Å²) in [4.78, 5) is 4.30. The van der Waals surface area contributed by atoms with Crippen molar-refractivity contribution in [2.45, 2.75) is 38.3 Å². The van der Waals surface area contributed by atoms with E-state index in [-0.39, 0.29) is 6.04 Å². The van der Waals surface area contributed by atoms with E-state index in [1.807, 2.05) is 6.92 Å². The minimum Gasteiger partial charge on any atom is -0.383 e. The van der Waals surface area contributed by atoms with Gasteiger partial charge < -0.3 is 19.7 Å². The summed E-state index contributed by atoms with van der Waals surface area (Å²) < 4.78 is 15.7. The Kier molecular flexibility index (Phi) is 4.68. The normalized spacial score (nSPS) is 24.8. The van der Waals surface area contributed by atoms with Gasteiger partial charge in [-0.3, -0.25) is 0 Å². The molecule has 0 aliphatic heterocycles. The van der Waals surface area contributed by atoms with Crippen LogP contribution in [-0.4, -0.2) is 36.6 Å². The van der Waals surface area contributed by atoms with E-state index < -0.39 is 0 Å². The van der Waals surface area contributed by atoms with E-state index in [4.69, 9.17) is 19.7 Å². The fourth-order valence-corrected chi connectivity index (χ4v) is 2.22. The molecule has 2 rings (SSSR count). The maximum absolute atomic E-state index is 5.83. The van der Waals surface area contributed by atoms with Crippen LogP contribution >= 0.6 is 0 Å². The molecule has 0 aromatic carbocycles. The van der Waals surface area contributed by atoms with Crippen molar-refractivity contribution in [3.05, 3.63) is 11.7 Å². The first kappa shape index (κ1) is 13.5. The number of nitrogens with zero attached hydrogens (tertiary/aromatic N) is 2. The van der Waals surface area contributed by atoms with Crippen LogP contribution in [-0.2, 0) is 15.9 Å². The molecule has 0 amide bonds. The van der Waals surface area contributed by atoms with Gasteiger partial charge in [0.15, 0.2) is 5.82 Å². The van der Waals surface area contributed by atoms with Crippen LogP contribution in [0.5, 0.6) is 0 Å². The Morgan fingerprint density at radius 3 is 2.94 bits per heavy atom. The first-order chi connectivity index (χ1) is 8.72. The van der Waals surface area contributed by atoms with Crippen LogP contribution in [0.3, 0.4) is 0 Å². The van der Waals surface area contributed by atoms with Crippen molar-refractivity contribution in [2.75, 3.05) is 20.3 Å². The van der Waals surface area contributed by atoms with Crippen molar-refractivity contribution in [1.82, 2.24) is 10.1 Å². The predicted molar refractivity (Wildman–Crippen MR) is 64.9 cm³/mol. The Bertz CT molecular complexity index is 363. The first-order valence-electron chi connectivity index (χ1n) is 6.41. The van der Waals surface area contributed by atoms with Crippen LogP contribution in [0.25, 0.3) is 0 Å². The zero-order valence-corrected chi connectivity index (χ0v) is 11.0. The summed E-state index contributed by atoms with van der Waals surface area (Å²) in [5.74, 6) is 1.78. The Balaban J connectivity index is 1.77. The fourth-order valence-electron chi connectivity index (χ4n) is 2.22. The molecule has 1 aliphatic carbocycles. The van der Waals surface area contributed by atoms with Gasteiger partial charge in [-0.15, -0.1) is 0 Å². The average molecular weight is 255 g/mol. The highest BCUT2D eigenvalue weighted by atomic mass is 16.5. The van der Waals surface area contributed by atoms with E-state index >= 15 is 0 Å². The quantitative estimate of drug-likeness (QED) is 0.784. The molecular formula is C12H21N3O3. The molecule has 1 aromatic heterocycles. The zero-order valence-electron chi connectivity index (χ0n) is 11.0. The highest BCUT2D eigenvalue weighted by Gasteiger charge is 2.31. The summed E-state index contributed by atoms with van der Waals surface area (Å²) in [6.45, 7) is 3.21. The van der Waals surface area contributed by atoms with Crippen LogP contribution in [0, 0.1) is 5.92 Å². The standard InChI is InChI=1S/C12H21N3O3/c1-3-17-9-4-8(5-9)6-11-14-12(15-18-11)10(13)7-16-2/h8-10H,3-7,13H2,1-2H3. The lowest BCUT2D eigenvalue weighted by atomic mass is 9.80. The van der Waals surface area contributed by atoms with Gasteiger partial charge >= 0.3 is 0 Å². The lowest BCUT2D eigenvalue weighted by Gasteiger charge is -2.33. The van der Waals surface area contributed by atoms with Crippen LogP contribution in [0.4, 0.5) is 0 Å². The highest BCUT2D eigenvalue weighted by molar-refractivity contribution is 4.95. The summed E-state index contributed by atoms with van der Waals surface area (Å²) in [5, 5.41) is 3.88. The van der Waals surface area contributed by atoms with E-state index in [2.05, 4.69) is 10.1 Å². The lowest BCUT2D eigenvalue weighted by Crippen LogP contribution is -2.32. The van der Waals surface area contributed by atoms with E-state index in [0.717, 1.165) is 25.9 Å². The van der Waals surface area contributed by atoms with Gasteiger partial charge in [0.25, 0.3) is 0 Å². The largest absolute Gasteiger partial charge is 0.383 e. The van der Waals surface area contributed by atoms with Crippen molar-refractivity contribution < 1.29 is 14.0 Å². The number of methoxy groups -OCH3 is 1. The number of nitrogens with two attached hydrogens (primary N) is 1. The molecule has 0 bridgehead atoms. The Morgan fingerprint density at radius 1 is 1.50 bits per heavy atom. The molecule has 6 nitrogen and oxygen atoms in total. The minimum absolute atomic E-state index is 0.315. The predicted octanol–water partition coefficient (Wildman–Crippen LogP) is 1.07. The molecule has 6 heteroatoms. The zero-order chi connectivity index (χ0) is 13.0. The SMILES string of the molecule is CCOC1CC(Cc2nc(C(N)COC)no2)C1. The van der Waals surface area contributed by atoms with Gasteiger partial charge in [-0.25, -0.2) is 0 Å². The van der Waals surface area contributed by atoms with Gasteiger partial charge in [0, 0.05) is 20.1 Å². The maximum atomic E-state index is 5.83. The van der Waals surface area contributed by atoms with Crippen LogP contribution < -0.4 is 5.73 Å². The molecule has 1 aliphatic rings. The molecule has 1 saturated carbocycles. The third-order valence-corrected chi connectivity index (χ3v) is 3.22. The average Bonchev–Trinajstić information content (AvgIpc) is 2.75. The van der Waals surface area contributed by atoms with Crippen molar-refractivity contribution in [1.29, 1.82) is 0 Å². The molecule has 0 spiro atoms. The lowest BCUT2D eigenvalue weighted by molar-refractivity contribution is -0.0258. The first-order valence-corrected chi connectivity index (χ1v) is 6.41. The molecule has 2 N–H and O–H groups in total. The molecule has 0 saturated heterocycles. The van der Waals surface area contributed by atoms with Crippen LogP contribution in [0.2, 0.25) is 0 Å². The number of hydrogen-bond acceptors (Lipinski definition) is 6. The van der Waals surface area contributed by atoms with E-state index in [1.54, 1.807) is 7.11 Å². The minimum atomic E-state index is -0.315. The van der Waals surface area contributed by atoms with E-state index in [1.165, 1.54) is 0 Å². The summed E-state index contributed by atoms with van der Waals surface area (Å²) >= 11 is 0. The highest BCUT2D eigenvalue weighted by Crippen LogP contribution is 2.32. The molecule has 1 atom stereocenters. The van der Waals surface area contributed by atoms with Gasteiger partial charge in [0.1, 0.15) is 0 Å². The van der Waals surface area contributed by atoms with Crippen LogP contribution in [0.15, 0.2) is 4.52 Å². The van der Waals surface area contributed by atoms with Crippen molar-refractivity contribution in [2.24, 2.45) is 11.7 Å². The molecular weight excluding hydrogens is 234 g/mol. The van der Waals surface area contributed by atoms with Gasteiger partial charge in [-0.1, -0.05) is 5.16 Å². The van der Waals surface area contributed by atoms with Crippen LogP contribution in [0.1, 0.15) is 37.5 Å². The second-order valence-corrected chi connectivity index (χ2v) is 4.73. The van der Waals surface area contributed by atoms with E-state index in [9.17, 15) is 0 Å². The molecule has 1 unspecified atom stereocenters. The maximum Gasteiger partial charge on any atom is 0.226 e. The molecule has 0 radical (unpaired) electrons. The topological polar surface area (TPSA) is 83.4 Å². The summed E-state index contributed by atoms with van der Waals surface area (Å²) in [6, 6.07) is -0.315. The number of rotatable bonds is 7. The Labute approximate surface area is 107 Å². The molecule has 1 aromatic rings. The number of hydrogen-bond donors (Lipinski definition) is 1. The third-order valence-electron chi connectivity index (χ3n) is 3.22. The summed E-state index contributed by atoms with van der Waals surface area (Å²) in [7, 11) is 1.60. The summed E-state index contributed by atoms with van der Waals surface area (Å²) in [6.07, 6.45) is 3.39. The Hall–Kier alpha value is -0.980. The summed E-state index contributed by atoms with van der Waals surface area (Å²) in [5.41, 5.74) is 5.83. The van der Waals surface area contributed by atoms with Gasteiger partial charge in [-0.05, 0) is 25.7 Å². The van der Waals surface area contributed by atoms with Gasteiger partial charge in [-0.2, -0.15) is 4.98 Å². The monoisotopic (exact) mass is 255 g/mol. The van der Waals surface area contributed by atoms with Gasteiger partial charge in [0.2, 0.25) is 5.89 Å². The third kappa shape index (κ3) is 3.28. The smallest absolute Gasteiger partial charge is 0.226 e. The second kappa shape index (κ2) is 6.26. The van der Waals surface area contributed by atoms with Crippen molar-refractivity contribution >= 4 is 0 Å². The number of aromatic nitrogens is 2. The Morgan fingerprint density at radius 2 is 2.28 bits per heavy atom. The molecule has 18 heavy (non-hydrogen) atoms. The van der Waals surface area contributed by atoms with Crippen molar-refractivity contribution in [3.8, 4) is 0 Å². The number of ether oxygens (including phenoxy) is 2. The van der Waals surface area contributed by atoms with Crippen molar-refractivity contribution in [3.63, 3.8) is 0 Å². The molecule has 1 heterocycles. The van der Waals surface area contributed by atoms with E-state index in [0.29, 0.717) is 30.3 Å². The fraction of sp³-hybridized carbons (Fsp3) is 0.833. The molecule has 102 valence electrons.